The van der Waals surface area contributed by atoms with Crippen LogP contribution in [-0.2, 0) is 0 Å². The summed E-state index contributed by atoms with van der Waals surface area (Å²) in [6.07, 6.45) is 0. The van der Waals surface area contributed by atoms with Crippen LogP contribution >= 0.6 is 11.3 Å². The Morgan fingerprint density at radius 2 is 0.677 bits per heavy atom. The largest absolute Gasteiger partial charge is 0.457 e. The molecule has 0 atom stereocenters. The maximum absolute atomic E-state index is 8.13. The van der Waals surface area contributed by atoms with Gasteiger partial charge >= 0.3 is 0 Å². The van der Waals surface area contributed by atoms with E-state index in [1.165, 1.54) is 31.1 Å². The lowest BCUT2D eigenvalue weighted by Crippen LogP contribution is -2.63. The molecule has 1 aromatic heterocycles. The van der Waals surface area contributed by atoms with E-state index in [4.69, 9.17) is 9.47 Å². The molecule has 0 N–H and O–H groups in total. The zero-order valence-electron chi connectivity index (χ0n) is 50.3. The highest BCUT2D eigenvalue weighted by molar-refractivity contribution is 7.26. The lowest BCUT2D eigenvalue weighted by Gasteiger charge is -2.43. The molecule has 5 heterocycles. The number of anilines is 12. The first-order chi connectivity index (χ1) is 46.2. The second-order valence-corrected chi connectivity index (χ2v) is 25.3. The fourth-order valence-electron chi connectivity index (χ4n) is 15.3. The molecule has 0 unspecified atom stereocenters. The van der Waals surface area contributed by atoms with Gasteiger partial charge in [0.15, 0.2) is 0 Å². The van der Waals surface area contributed by atoms with Crippen LogP contribution in [0.1, 0.15) is 0 Å². The Morgan fingerprint density at radius 1 is 0.290 bits per heavy atom. The molecule has 0 spiro atoms. The van der Waals surface area contributed by atoms with E-state index in [2.05, 4.69) is 347 Å². The molecule has 0 amide bonds. The number of para-hydroxylation sites is 8. The summed E-state index contributed by atoms with van der Waals surface area (Å²) in [7, 11) is 0. The van der Waals surface area contributed by atoms with Crippen LogP contribution in [0.25, 0.3) is 42.4 Å². The first kappa shape index (κ1) is 53.1. The quantitative estimate of drug-likeness (QED) is 0.127. The fraction of sp³-hybridized carbons (Fsp3) is 0. The Labute approximate surface area is 544 Å². The number of hydrogen-bond donors (Lipinski definition) is 0. The maximum Gasteiger partial charge on any atom is 0.256 e. The molecule has 0 saturated carbocycles. The lowest BCUT2D eigenvalue weighted by molar-refractivity contribution is 0.469. The van der Waals surface area contributed by atoms with Crippen molar-refractivity contribution in [3.05, 3.63) is 328 Å². The van der Waals surface area contributed by atoms with E-state index >= 15 is 0 Å². The summed E-state index contributed by atoms with van der Waals surface area (Å²) in [4.78, 5) is 9.60. The highest BCUT2D eigenvalue weighted by Gasteiger charge is 2.49. The second-order valence-electron chi connectivity index (χ2n) is 24.2. The van der Waals surface area contributed by atoms with Gasteiger partial charge in [0.1, 0.15) is 23.0 Å². The van der Waals surface area contributed by atoms with E-state index in [-0.39, 0.29) is 13.4 Å². The number of hydrogen-bond acceptors (Lipinski definition) is 7. The van der Waals surface area contributed by atoms with Gasteiger partial charge in [-0.15, -0.1) is 11.3 Å². The topological polar surface area (TPSA) is 31.4 Å². The summed E-state index contributed by atoms with van der Waals surface area (Å²) in [6, 6.07) is 119. The Morgan fingerprint density at radius 3 is 1.16 bits per heavy atom. The fourth-order valence-corrected chi connectivity index (χ4v) is 16.5. The summed E-state index contributed by atoms with van der Waals surface area (Å²) >= 11 is 1.85. The van der Waals surface area contributed by atoms with Crippen LogP contribution in [0.3, 0.4) is 0 Å². The van der Waals surface area contributed by atoms with E-state index in [9.17, 15) is 0 Å². The molecule has 93 heavy (non-hydrogen) atoms. The SMILES string of the molecule is c1ccc(N(c2ccccc2)c2cc3c4c(c2)N(c2ccccc2)c2ccccc2B4c2cc4c(c(-c5ccccc5-c5cccc6c5sc5ccccc56)c2O3)Oc2cc(N(c3ccccc3)c3ccccc3)cc3c2B4c2ccccc2N3c2ccccc2)cc1. The molecule has 0 saturated heterocycles. The van der Waals surface area contributed by atoms with Crippen molar-refractivity contribution in [1.82, 2.24) is 0 Å². The van der Waals surface area contributed by atoms with Crippen LogP contribution in [0.5, 0.6) is 23.0 Å². The van der Waals surface area contributed by atoms with Crippen LogP contribution in [0.15, 0.2) is 328 Å². The number of benzene rings is 14. The van der Waals surface area contributed by atoms with Gasteiger partial charge in [-0.3, -0.25) is 0 Å². The van der Waals surface area contributed by atoms with Gasteiger partial charge < -0.3 is 29.1 Å². The van der Waals surface area contributed by atoms with Crippen LogP contribution < -0.4 is 61.9 Å². The molecule has 15 aromatic rings. The first-order valence-electron chi connectivity index (χ1n) is 31.8. The molecule has 0 fully saturated rings. The highest BCUT2D eigenvalue weighted by Crippen LogP contribution is 2.54. The minimum atomic E-state index is -0.277. The molecule has 14 aromatic carbocycles. The molecule has 9 heteroatoms. The summed E-state index contributed by atoms with van der Waals surface area (Å²) in [5.74, 6) is 3.09. The second kappa shape index (κ2) is 21.4. The van der Waals surface area contributed by atoms with E-state index < -0.39 is 0 Å². The third-order valence-electron chi connectivity index (χ3n) is 19.1. The van der Waals surface area contributed by atoms with E-state index in [0.29, 0.717) is 0 Å². The average Bonchev–Trinajstić information content (AvgIpc) is 1.35. The molecule has 0 bridgehead atoms. The molecule has 6 nitrogen and oxygen atoms in total. The molecule has 0 radical (unpaired) electrons. The summed E-state index contributed by atoms with van der Waals surface area (Å²) in [6.45, 7) is -0.553. The first-order valence-corrected chi connectivity index (χ1v) is 32.6. The third-order valence-corrected chi connectivity index (χ3v) is 20.3. The van der Waals surface area contributed by atoms with Crippen molar-refractivity contribution in [1.29, 1.82) is 0 Å². The van der Waals surface area contributed by atoms with Crippen molar-refractivity contribution in [2.75, 3.05) is 19.6 Å². The standard InChI is InChI=1S/C84H54B2N4O2S/c1-7-28-55(29-8-1)87(56-30-9-2-10-31-56)61-50-74-80-76(52-61)91-82-70(85(80)68-45-22-24-47-72(68)89(74)59-36-15-5-16-37-59)54-71-83(79(82)65-42-20-19-40-63(65)66-43-27-44-67-64-41-21-26-49-78(64)93-84(66)67)92-77-53-62(88(57-32-11-3-12-33-57)58-34-13-4-14-35-58)51-75-81(77)86(71)69-46-23-25-48-73(69)90(75)60-38-17-6-18-39-60/h1-54H. The average molecular weight is 1210 g/mol. The molecule has 4 aliphatic rings. The van der Waals surface area contributed by atoms with E-state index in [1.54, 1.807) is 0 Å². The molecular weight excluding hydrogens is 1150 g/mol. The van der Waals surface area contributed by atoms with Gasteiger partial charge in [0.2, 0.25) is 0 Å². The van der Waals surface area contributed by atoms with Gasteiger partial charge in [0, 0.05) is 94.7 Å². The van der Waals surface area contributed by atoms with Crippen LogP contribution in [0, 0.1) is 0 Å². The van der Waals surface area contributed by atoms with Crippen molar-refractivity contribution >= 4 is 146 Å². The zero-order chi connectivity index (χ0) is 61.1. The molecular formula is C84H54B2N4O2S. The van der Waals surface area contributed by atoms with Crippen molar-refractivity contribution in [2.45, 2.75) is 0 Å². The number of thiophene rings is 1. The zero-order valence-corrected chi connectivity index (χ0v) is 51.2. The molecule has 4 aliphatic heterocycles. The Bertz CT molecular complexity index is 5110. The summed E-state index contributed by atoms with van der Waals surface area (Å²) in [5.41, 5.74) is 23.4. The van der Waals surface area contributed by atoms with E-state index in [1.807, 2.05) is 11.3 Å². The summed E-state index contributed by atoms with van der Waals surface area (Å²) < 4.78 is 18.8. The van der Waals surface area contributed by atoms with Crippen molar-refractivity contribution in [3.63, 3.8) is 0 Å². The van der Waals surface area contributed by atoms with Gasteiger partial charge in [0.25, 0.3) is 13.4 Å². The van der Waals surface area contributed by atoms with Crippen molar-refractivity contribution in [2.24, 2.45) is 0 Å². The number of rotatable bonds is 10. The monoisotopic (exact) mass is 1200 g/mol. The van der Waals surface area contributed by atoms with Crippen LogP contribution in [-0.4, -0.2) is 13.4 Å². The number of nitrogens with zero attached hydrogens (tertiary/aromatic N) is 4. The van der Waals surface area contributed by atoms with Gasteiger partial charge in [0.05, 0.1) is 16.9 Å². The smallest absolute Gasteiger partial charge is 0.256 e. The normalized spacial score (nSPS) is 12.8. The summed E-state index contributed by atoms with van der Waals surface area (Å²) in [5, 5.41) is 2.49. The maximum atomic E-state index is 8.13. The molecule has 0 aliphatic carbocycles. The lowest BCUT2D eigenvalue weighted by atomic mass is 9.30. The van der Waals surface area contributed by atoms with Crippen LogP contribution in [0.2, 0.25) is 0 Å². The predicted molar refractivity (Wildman–Crippen MR) is 391 cm³/mol. The minimum absolute atomic E-state index is 0.277. The van der Waals surface area contributed by atoms with Gasteiger partial charge in [-0.2, -0.15) is 0 Å². The van der Waals surface area contributed by atoms with Crippen LogP contribution in [0.4, 0.5) is 68.2 Å². The van der Waals surface area contributed by atoms with Crippen molar-refractivity contribution in [3.8, 4) is 45.3 Å². The van der Waals surface area contributed by atoms with Crippen molar-refractivity contribution < 1.29 is 9.47 Å². The third kappa shape index (κ3) is 8.37. The van der Waals surface area contributed by atoms with Gasteiger partial charge in [-0.1, -0.05) is 212 Å². The minimum Gasteiger partial charge on any atom is -0.457 e. The Balaban J connectivity index is 0.936. The highest BCUT2D eigenvalue weighted by atomic mass is 32.1. The van der Waals surface area contributed by atoms with Gasteiger partial charge in [-0.25, -0.2) is 0 Å². The predicted octanol–water partition coefficient (Wildman–Crippen LogP) is 19.1. The number of fused-ring (bicyclic) bond motifs is 11. The molecule has 19 rings (SSSR count). The Kier molecular flexibility index (Phi) is 12.2. The number of ether oxygens (including phenoxy) is 2. The van der Waals surface area contributed by atoms with E-state index in [0.717, 1.165) is 135 Å². The Hall–Kier alpha value is -11.8. The van der Waals surface area contributed by atoms with Gasteiger partial charge in [-0.05, 0) is 147 Å². The molecule has 434 valence electrons.